The fraction of sp³-hybridized carbons (Fsp3) is 0.667. The number of hydrogen-bond acceptors (Lipinski definition) is 0. The van der Waals surface area contributed by atoms with E-state index in [2.05, 4.69) is 32.9 Å². The van der Waals surface area contributed by atoms with Crippen LogP contribution in [0, 0.1) is 0 Å². The van der Waals surface area contributed by atoms with E-state index in [0.717, 1.165) is 17.9 Å². The van der Waals surface area contributed by atoms with Crippen LogP contribution in [0.2, 0.25) is 0 Å². The Hall–Kier alpha value is -0.230. The number of halogens is 1. The quantitative estimate of drug-likeness (QED) is 0.527. The summed E-state index contributed by atoms with van der Waals surface area (Å²) < 4.78 is 0. The Morgan fingerprint density at radius 3 is 2.46 bits per heavy atom. The first-order valence-corrected chi connectivity index (χ1v) is 5.61. The molecule has 0 saturated carbocycles. The molecule has 0 aliphatic carbocycles. The van der Waals surface area contributed by atoms with Crippen LogP contribution in [-0.4, -0.2) is 0 Å². The zero-order chi connectivity index (χ0) is 10.1. The summed E-state index contributed by atoms with van der Waals surface area (Å²) in [7, 11) is 0. The van der Waals surface area contributed by atoms with E-state index < -0.39 is 0 Å². The molecule has 0 unspecified atom stereocenters. The van der Waals surface area contributed by atoms with Crippen LogP contribution in [0.3, 0.4) is 0 Å². The lowest BCUT2D eigenvalue weighted by Crippen LogP contribution is -1.77. The second kappa shape index (κ2) is 8.37. The van der Waals surface area contributed by atoms with E-state index in [1.54, 1.807) is 0 Å². The van der Waals surface area contributed by atoms with Crippen LogP contribution in [0.5, 0.6) is 0 Å². The molecule has 0 aromatic heterocycles. The molecule has 0 spiro atoms. The molecule has 0 saturated heterocycles. The van der Waals surface area contributed by atoms with Gasteiger partial charge in [0.25, 0.3) is 0 Å². The van der Waals surface area contributed by atoms with Gasteiger partial charge in [0.15, 0.2) is 0 Å². The Labute approximate surface area is 87.7 Å². The maximum atomic E-state index is 6.05. The van der Waals surface area contributed by atoms with Crippen molar-refractivity contribution < 1.29 is 0 Å². The van der Waals surface area contributed by atoms with Crippen LogP contribution in [-0.2, 0) is 0 Å². The Bertz CT molecular complexity index is 178. The van der Waals surface area contributed by atoms with E-state index in [9.17, 15) is 0 Å². The lowest BCUT2D eigenvalue weighted by atomic mass is 10.1. The molecule has 0 nitrogen and oxygen atoms in total. The van der Waals surface area contributed by atoms with Crippen molar-refractivity contribution in [3.05, 3.63) is 22.8 Å². The molecular formula is C12H21Cl. The molecule has 0 atom stereocenters. The number of rotatable bonds is 6. The van der Waals surface area contributed by atoms with Crippen LogP contribution >= 0.6 is 11.6 Å². The van der Waals surface area contributed by atoms with Gasteiger partial charge < -0.3 is 0 Å². The fourth-order valence-corrected chi connectivity index (χ4v) is 1.40. The number of unbranched alkanes of at least 4 members (excludes halogenated alkanes) is 2. The van der Waals surface area contributed by atoms with Crippen LogP contribution in [0.4, 0.5) is 0 Å². The molecule has 0 heterocycles. The van der Waals surface area contributed by atoms with Crippen LogP contribution in [0.1, 0.15) is 52.9 Å². The summed E-state index contributed by atoms with van der Waals surface area (Å²) >= 11 is 6.05. The van der Waals surface area contributed by atoms with Crippen molar-refractivity contribution in [1.29, 1.82) is 0 Å². The second-order valence-corrected chi connectivity index (χ2v) is 3.92. The van der Waals surface area contributed by atoms with E-state index in [-0.39, 0.29) is 0 Å². The van der Waals surface area contributed by atoms with Gasteiger partial charge in [0.2, 0.25) is 0 Å². The van der Waals surface area contributed by atoms with Gasteiger partial charge >= 0.3 is 0 Å². The minimum atomic E-state index is 0.992. The van der Waals surface area contributed by atoms with E-state index >= 15 is 0 Å². The second-order valence-electron chi connectivity index (χ2n) is 3.43. The van der Waals surface area contributed by atoms with E-state index in [1.165, 1.54) is 24.8 Å². The van der Waals surface area contributed by atoms with E-state index in [4.69, 9.17) is 11.6 Å². The monoisotopic (exact) mass is 200 g/mol. The Kier molecular flexibility index (Phi) is 8.22. The first-order chi connectivity index (χ1) is 6.20. The van der Waals surface area contributed by atoms with Crippen molar-refractivity contribution in [2.24, 2.45) is 0 Å². The molecule has 13 heavy (non-hydrogen) atoms. The van der Waals surface area contributed by atoms with Crippen molar-refractivity contribution in [2.75, 3.05) is 0 Å². The summed E-state index contributed by atoms with van der Waals surface area (Å²) in [6, 6.07) is 0. The zero-order valence-electron chi connectivity index (χ0n) is 9.07. The molecule has 0 aliphatic rings. The van der Waals surface area contributed by atoms with Gasteiger partial charge in [0.1, 0.15) is 0 Å². The van der Waals surface area contributed by atoms with Gasteiger partial charge in [0, 0.05) is 5.03 Å². The molecule has 0 N–H and O–H groups in total. The molecule has 0 aromatic carbocycles. The molecule has 0 radical (unpaired) electrons. The molecule has 1 heteroatoms. The van der Waals surface area contributed by atoms with Crippen molar-refractivity contribution in [1.82, 2.24) is 0 Å². The normalized spacial score (nSPS) is 13.5. The van der Waals surface area contributed by atoms with E-state index in [0.29, 0.717) is 0 Å². The summed E-state index contributed by atoms with van der Waals surface area (Å²) in [5.41, 5.74) is 1.29. The largest absolute Gasteiger partial charge is 0.0891 e. The average molecular weight is 201 g/mol. The van der Waals surface area contributed by atoms with E-state index in [1.807, 2.05) is 0 Å². The minimum Gasteiger partial charge on any atom is -0.0891 e. The third kappa shape index (κ3) is 8.11. The summed E-state index contributed by atoms with van der Waals surface area (Å²) in [4.78, 5) is 0. The summed E-state index contributed by atoms with van der Waals surface area (Å²) in [6.07, 6.45) is 10.1. The smallest absolute Gasteiger partial charge is 0.0183 e. The van der Waals surface area contributed by atoms with Crippen molar-refractivity contribution in [2.45, 2.75) is 52.9 Å². The van der Waals surface area contributed by atoms with Crippen molar-refractivity contribution in [3.8, 4) is 0 Å². The van der Waals surface area contributed by atoms with Gasteiger partial charge in [-0.2, -0.15) is 0 Å². The highest BCUT2D eigenvalue weighted by molar-refractivity contribution is 6.29. The Balaban J connectivity index is 3.89. The summed E-state index contributed by atoms with van der Waals surface area (Å²) in [6.45, 7) is 6.49. The third-order valence-corrected chi connectivity index (χ3v) is 2.21. The Morgan fingerprint density at radius 1 is 1.23 bits per heavy atom. The van der Waals surface area contributed by atoms with Crippen molar-refractivity contribution in [3.63, 3.8) is 0 Å². The number of hydrogen-bond donors (Lipinski definition) is 0. The lowest BCUT2D eigenvalue weighted by molar-refractivity contribution is 0.806. The molecule has 0 aliphatic heterocycles. The summed E-state index contributed by atoms with van der Waals surface area (Å²) in [5.74, 6) is 0. The Morgan fingerprint density at radius 2 is 1.92 bits per heavy atom. The van der Waals surface area contributed by atoms with Gasteiger partial charge in [-0.3, -0.25) is 0 Å². The molecule has 0 fully saturated rings. The first kappa shape index (κ1) is 12.8. The molecule has 76 valence electrons. The highest BCUT2D eigenvalue weighted by Gasteiger charge is 1.92. The van der Waals surface area contributed by atoms with Crippen LogP contribution < -0.4 is 0 Å². The van der Waals surface area contributed by atoms with Crippen LogP contribution in [0.15, 0.2) is 22.8 Å². The van der Waals surface area contributed by atoms with Gasteiger partial charge in [-0.05, 0) is 32.3 Å². The third-order valence-electron chi connectivity index (χ3n) is 1.91. The molecule has 0 amide bonds. The predicted octanol–water partition coefficient (Wildman–Crippen LogP) is 5.05. The SMILES string of the molecule is CCC/C=C(C)/C=C(/Cl)CCCC. The molecule has 0 bridgehead atoms. The van der Waals surface area contributed by atoms with Gasteiger partial charge in [0.05, 0.1) is 0 Å². The van der Waals surface area contributed by atoms with Gasteiger partial charge in [-0.15, -0.1) is 0 Å². The standard InChI is InChI=1S/C12H21Cl/c1-4-6-8-11(3)10-12(13)9-7-5-2/h8,10H,4-7,9H2,1-3H3/b11-8+,12-10+. The highest BCUT2D eigenvalue weighted by Crippen LogP contribution is 2.14. The highest BCUT2D eigenvalue weighted by atomic mass is 35.5. The zero-order valence-corrected chi connectivity index (χ0v) is 9.82. The van der Waals surface area contributed by atoms with Gasteiger partial charge in [-0.25, -0.2) is 0 Å². The first-order valence-electron chi connectivity index (χ1n) is 5.23. The van der Waals surface area contributed by atoms with Gasteiger partial charge in [-0.1, -0.05) is 49.9 Å². The predicted molar refractivity (Wildman–Crippen MR) is 62.1 cm³/mol. The maximum Gasteiger partial charge on any atom is 0.0183 e. The minimum absolute atomic E-state index is 0.992. The summed E-state index contributed by atoms with van der Waals surface area (Å²) in [5, 5.41) is 0.992. The topological polar surface area (TPSA) is 0 Å². The lowest BCUT2D eigenvalue weighted by Gasteiger charge is -1.97. The van der Waals surface area contributed by atoms with Crippen molar-refractivity contribution >= 4 is 11.6 Å². The number of allylic oxidation sites excluding steroid dienone is 4. The average Bonchev–Trinajstić information content (AvgIpc) is 2.11. The fourth-order valence-electron chi connectivity index (χ4n) is 1.10. The van der Waals surface area contributed by atoms with Crippen LogP contribution in [0.25, 0.3) is 0 Å². The molecule has 0 rings (SSSR count). The maximum absolute atomic E-state index is 6.05. The molecule has 0 aromatic rings. The molecular weight excluding hydrogens is 180 g/mol.